The van der Waals surface area contributed by atoms with E-state index < -0.39 is 34.5 Å². The van der Waals surface area contributed by atoms with Gasteiger partial charge in [0.2, 0.25) is 17.7 Å². The Morgan fingerprint density at radius 1 is 0.741 bits per heavy atom. The average Bonchev–Trinajstić information content (AvgIpc) is 3.13. The van der Waals surface area contributed by atoms with Crippen LogP contribution in [0, 0.1) is 34.5 Å². The number of rotatable bonds is 9. The van der Waals surface area contributed by atoms with Gasteiger partial charge in [0.15, 0.2) is 5.78 Å². The van der Waals surface area contributed by atoms with Crippen LogP contribution in [0.3, 0.4) is 0 Å². The molecule has 316 valence electrons. The molecule has 0 aliphatic heterocycles. The number of nitrogens with two attached hydrogens (primary N) is 1. The zero-order valence-electron chi connectivity index (χ0n) is 36.7. The third kappa shape index (κ3) is 8.11. The predicted molar refractivity (Wildman–Crippen MR) is 228 cm³/mol. The van der Waals surface area contributed by atoms with E-state index in [0.717, 1.165) is 62.5 Å². The molecular formula is C48H68N4O6. The van der Waals surface area contributed by atoms with E-state index in [9.17, 15) is 24.0 Å². The standard InChI is InChI=1S/C48H68N4O6/c1-28(2)39(49)36(53)25-29(3)40(54)50-32-17-13-30-15-19-37-45(7,34(30)26-32)21-11-23-47(37,9)41(55)52-42(56)48(10)24-12-22-46(8)35-27-33(51-43(57)58-44(4,5)6)18-14-31(35)16-20-38(46)48/h13-14,17-18,26-29,37-39H,11-12,15-16,19-25,49H2,1-10H3,(H,50,54)(H,51,57)(H,52,55,56)/t29-,37-,38-,39+,45-,46-,47+,48+/m1/s1. The van der Waals surface area contributed by atoms with Gasteiger partial charge in [0, 0.05) is 23.7 Å². The maximum absolute atomic E-state index is 14.7. The van der Waals surface area contributed by atoms with Crippen molar-refractivity contribution in [1.82, 2.24) is 5.32 Å². The Labute approximate surface area is 346 Å². The monoisotopic (exact) mass is 797 g/mol. The molecule has 0 bridgehead atoms. The molecule has 2 saturated carbocycles. The molecule has 0 spiro atoms. The summed E-state index contributed by atoms with van der Waals surface area (Å²) >= 11 is 0. The minimum absolute atomic E-state index is 0.00375. The summed E-state index contributed by atoms with van der Waals surface area (Å²) in [6.45, 7) is 19.7. The van der Waals surface area contributed by atoms with Crippen molar-refractivity contribution in [2.45, 2.75) is 162 Å². The molecule has 5 N–H and O–H groups in total. The molecule has 10 heteroatoms. The predicted octanol–water partition coefficient (Wildman–Crippen LogP) is 8.91. The second-order valence-electron chi connectivity index (χ2n) is 20.5. The maximum atomic E-state index is 14.7. The zero-order chi connectivity index (χ0) is 42.6. The Kier molecular flexibility index (Phi) is 11.9. The Morgan fingerprint density at radius 2 is 1.21 bits per heavy atom. The first-order valence-corrected chi connectivity index (χ1v) is 21.7. The van der Waals surface area contributed by atoms with Crippen LogP contribution in [0.25, 0.3) is 0 Å². The molecule has 2 aromatic rings. The number of ether oxygens (including phenoxy) is 1. The normalized spacial score (nSPS) is 30.0. The second kappa shape index (κ2) is 15.9. The van der Waals surface area contributed by atoms with Gasteiger partial charge >= 0.3 is 6.09 Å². The molecule has 10 nitrogen and oxygen atoms in total. The van der Waals surface area contributed by atoms with Gasteiger partial charge in [-0.3, -0.25) is 29.8 Å². The van der Waals surface area contributed by atoms with Crippen LogP contribution < -0.4 is 21.7 Å². The molecule has 6 rings (SSSR count). The molecule has 2 fully saturated rings. The lowest BCUT2D eigenvalue weighted by Gasteiger charge is -2.56. The van der Waals surface area contributed by atoms with Crippen molar-refractivity contribution in [2.24, 2.45) is 40.2 Å². The number of amides is 4. The maximum Gasteiger partial charge on any atom is 0.412 e. The molecule has 0 aromatic heterocycles. The largest absolute Gasteiger partial charge is 0.444 e. The number of ketones is 1. The summed E-state index contributed by atoms with van der Waals surface area (Å²) in [5.41, 5.74) is 9.40. The first-order valence-electron chi connectivity index (χ1n) is 21.7. The van der Waals surface area contributed by atoms with Crippen LogP contribution in [0.15, 0.2) is 36.4 Å². The number of fused-ring (bicyclic) bond motifs is 6. The molecule has 0 heterocycles. The average molecular weight is 797 g/mol. The summed E-state index contributed by atoms with van der Waals surface area (Å²) in [6, 6.07) is 11.6. The van der Waals surface area contributed by atoms with E-state index in [2.05, 4.69) is 67.9 Å². The number of imide groups is 1. The third-order valence-corrected chi connectivity index (χ3v) is 14.9. The van der Waals surface area contributed by atoms with Crippen LogP contribution in [0.1, 0.15) is 149 Å². The molecule has 4 amide bonds. The van der Waals surface area contributed by atoms with Gasteiger partial charge in [0.25, 0.3) is 0 Å². The highest BCUT2D eigenvalue weighted by molar-refractivity contribution is 6.01. The number of benzene rings is 2. The molecule has 0 unspecified atom stereocenters. The minimum atomic E-state index is -0.764. The van der Waals surface area contributed by atoms with Gasteiger partial charge in [-0.15, -0.1) is 0 Å². The molecule has 8 atom stereocenters. The van der Waals surface area contributed by atoms with Gasteiger partial charge in [0.05, 0.1) is 16.9 Å². The lowest BCUT2D eigenvalue weighted by Crippen LogP contribution is -2.60. The van der Waals surface area contributed by atoms with Crippen LogP contribution in [-0.2, 0) is 47.6 Å². The summed E-state index contributed by atoms with van der Waals surface area (Å²) < 4.78 is 5.52. The first kappa shape index (κ1) is 43.5. The van der Waals surface area contributed by atoms with Crippen molar-refractivity contribution in [2.75, 3.05) is 10.6 Å². The summed E-state index contributed by atoms with van der Waals surface area (Å²) in [6.07, 6.45) is 7.79. The fraction of sp³-hybridized carbons (Fsp3) is 0.646. The molecule has 2 aromatic carbocycles. The van der Waals surface area contributed by atoms with Crippen molar-refractivity contribution in [3.05, 3.63) is 58.7 Å². The van der Waals surface area contributed by atoms with E-state index in [1.165, 1.54) is 11.1 Å². The lowest BCUT2D eigenvalue weighted by molar-refractivity contribution is -0.150. The number of nitrogens with one attached hydrogen (secondary N) is 3. The van der Waals surface area contributed by atoms with Gasteiger partial charge in [0.1, 0.15) is 5.60 Å². The van der Waals surface area contributed by atoms with Crippen LogP contribution >= 0.6 is 0 Å². The number of aryl methyl sites for hydroxylation is 2. The third-order valence-electron chi connectivity index (χ3n) is 14.9. The topological polar surface area (TPSA) is 157 Å². The molecule has 58 heavy (non-hydrogen) atoms. The quantitative estimate of drug-likeness (QED) is 0.185. The minimum Gasteiger partial charge on any atom is -0.444 e. The Bertz CT molecular complexity index is 1970. The number of anilines is 2. The summed E-state index contributed by atoms with van der Waals surface area (Å²) in [5, 5.41) is 9.02. The van der Waals surface area contributed by atoms with Crippen LogP contribution in [0.5, 0.6) is 0 Å². The molecule has 4 aliphatic carbocycles. The van der Waals surface area contributed by atoms with Gasteiger partial charge in [-0.05, 0) is 147 Å². The zero-order valence-corrected chi connectivity index (χ0v) is 36.7. The van der Waals surface area contributed by atoms with Crippen molar-refractivity contribution in [3.8, 4) is 0 Å². The van der Waals surface area contributed by atoms with Crippen LogP contribution in [0.2, 0.25) is 0 Å². The highest BCUT2D eigenvalue weighted by Crippen LogP contribution is 2.60. The fourth-order valence-electron chi connectivity index (χ4n) is 11.6. The van der Waals surface area contributed by atoms with E-state index in [-0.39, 0.29) is 58.5 Å². The van der Waals surface area contributed by atoms with E-state index in [1.54, 1.807) is 6.92 Å². The van der Waals surface area contributed by atoms with Gasteiger partial charge in [-0.25, -0.2) is 4.79 Å². The molecule has 4 aliphatic rings. The Balaban J connectivity index is 1.19. The summed E-state index contributed by atoms with van der Waals surface area (Å²) in [5.74, 6) is -1.22. The smallest absolute Gasteiger partial charge is 0.412 e. The highest BCUT2D eigenvalue weighted by atomic mass is 16.6. The number of carbonyl (C=O) groups is 5. The van der Waals surface area contributed by atoms with E-state index in [4.69, 9.17) is 10.5 Å². The SMILES string of the molecule is CC(C)[C@H](N)C(=O)C[C@@H](C)C(=O)Nc1ccc2c(c1)[C@@]1(C)CCC[C@](C)(C(=O)NC(=O)[C@@]3(C)CCC[C@]4(C)c5cc(NC(=O)OC(C)(C)C)ccc5CC[C@@H]34)[C@@H]1CC2. The molecule has 0 saturated heterocycles. The number of hydrogen-bond acceptors (Lipinski definition) is 7. The summed E-state index contributed by atoms with van der Waals surface area (Å²) in [7, 11) is 0. The molecule has 0 radical (unpaired) electrons. The van der Waals surface area contributed by atoms with Gasteiger partial charge in [-0.2, -0.15) is 0 Å². The van der Waals surface area contributed by atoms with E-state index in [0.29, 0.717) is 24.2 Å². The van der Waals surface area contributed by atoms with E-state index in [1.807, 2.05) is 46.8 Å². The van der Waals surface area contributed by atoms with Gasteiger partial charge < -0.3 is 15.8 Å². The van der Waals surface area contributed by atoms with Gasteiger partial charge in [-0.1, -0.05) is 73.4 Å². The fourth-order valence-corrected chi connectivity index (χ4v) is 11.6. The van der Waals surface area contributed by atoms with Crippen molar-refractivity contribution < 1.29 is 28.7 Å². The summed E-state index contributed by atoms with van der Waals surface area (Å²) in [4.78, 5) is 68.0. The van der Waals surface area contributed by atoms with Crippen molar-refractivity contribution >= 4 is 41.0 Å². The second-order valence-corrected chi connectivity index (χ2v) is 20.5. The van der Waals surface area contributed by atoms with Crippen LogP contribution in [-0.4, -0.2) is 41.2 Å². The number of Topliss-reactive ketones (excluding diaryl/α,β-unsaturated/α-hetero) is 1. The first-order chi connectivity index (χ1) is 27.0. The lowest BCUT2D eigenvalue weighted by atomic mass is 9.49. The Morgan fingerprint density at radius 3 is 1.66 bits per heavy atom. The highest BCUT2D eigenvalue weighted by Gasteiger charge is 2.58. The molecular weight excluding hydrogens is 729 g/mol. The van der Waals surface area contributed by atoms with Crippen molar-refractivity contribution in [1.29, 1.82) is 0 Å². The number of carbonyl (C=O) groups excluding carboxylic acids is 5. The number of hydrogen-bond donors (Lipinski definition) is 4. The van der Waals surface area contributed by atoms with E-state index >= 15 is 0 Å². The van der Waals surface area contributed by atoms with Crippen LogP contribution in [0.4, 0.5) is 16.2 Å². The Hall–Kier alpha value is -4.05. The van der Waals surface area contributed by atoms with Crippen molar-refractivity contribution in [3.63, 3.8) is 0 Å².